The molecule has 0 radical (unpaired) electrons. The van der Waals surface area contributed by atoms with E-state index >= 15 is 0 Å². The van der Waals surface area contributed by atoms with Crippen molar-refractivity contribution in [1.29, 1.82) is 0 Å². The quantitative estimate of drug-likeness (QED) is 0.423. The molecule has 4 atom stereocenters. The second-order valence-corrected chi connectivity index (χ2v) is 7.56. The van der Waals surface area contributed by atoms with Crippen LogP contribution in [0.4, 0.5) is 5.69 Å². The molecule has 3 aliphatic rings. The minimum absolute atomic E-state index is 0.0571. The van der Waals surface area contributed by atoms with Gasteiger partial charge in [0.2, 0.25) is 17.7 Å². The van der Waals surface area contributed by atoms with Crippen LogP contribution in [0.3, 0.4) is 0 Å². The molecule has 3 amide bonds. The van der Waals surface area contributed by atoms with Gasteiger partial charge in [0.25, 0.3) is 0 Å². The first-order chi connectivity index (χ1) is 14.4. The standard InChI is InChI=1S/C21H22N2O7/c1-28-14-7-12(21(27)30-3)13(8-15(14)29-2)22-16(24)9-23-19(25)17-10-4-5-11(6-10)18(17)20(23)26/h4-5,7-8,10-11,17-18H,6,9H2,1-3H3,(H,22,24)/t10-,11-,17-,18-/m0/s1. The van der Waals surface area contributed by atoms with E-state index in [1.54, 1.807) is 0 Å². The number of hydrogen-bond acceptors (Lipinski definition) is 7. The van der Waals surface area contributed by atoms with Gasteiger partial charge in [0, 0.05) is 12.1 Å². The SMILES string of the molecule is COC(=O)c1cc(OC)c(OC)cc1NC(=O)CN1C(=O)[C@@H]2[C@@H](C1=O)[C@H]1C=C[C@H]2C1. The van der Waals surface area contributed by atoms with E-state index < -0.39 is 18.4 Å². The fourth-order valence-corrected chi connectivity index (χ4v) is 4.71. The fraction of sp³-hybridized carbons (Fsp3) is 0.429. The third-order valence-corrected chi connectivity index (χ3v) is 6.07. The molecule has 2 bridgehead atoms. The molecule has 0 aromatic heterocycles. The molecular formula is C21H22N2O7. The number of nitrogens with one attached hydrogen (secondary N) is 1. The summed E-state index contributed by atoms with van der Waals surface area (Å²) >= 11 is 0. The zero-order valence-electron chi connectivity index (χ0n) is 16.8. The van der Waals surface area contributed by atoms with Gasteiger partial charge in [-0.3, -0.25) is 19.3 Å². The number of esters is 1. The highest BCUT2D eigenvalue weighted by atomic mass is 16.5. The van der Waals surface area contributed by atoms with Gasteiger partial charge < -0.3 is 19.5 Å². The van der Waals surface area contributed by atoms with Crippen LogP contribution in [-0.4, -0.2) is 56.5 Å². The molecule has 2 fully saturated rings. The van der Waals surface area contributed by atoms with Crippen LogP contribution in [0.2, 0.25) is 0 Å². The van der Waals surface area contributed by atoms with Crippen molar-refractivity contribution in [1.82, 2.24) is 4.90 Å². The molecule has 1 N–H and O–H groups in total. The summed E-state index contributed by atoms with van der Waals surface area (Å²) in [6.45, 7) is -0.418. The molecule has 9 heteroatoms. The van der Waals surface area contributed by atoms with Gasteiger partial charge in [-0.2, -0.15) is 0 Å². The first-order valence-corrected chi connectivity index (χ1v) is 9.57. The fourth-order valence-electron chi connectivity index (χ4n) is 4.71. The van der Waals surface area contributed by atoms with Crippen LogP contribution in [0.25, 0.3) is 0 Å². The maximum absolute atomic E-state index is 12.8. The highest BCUT2D eigenvalue weighted by Gasteiger charge is 2.59. The Kier molecular flexibility index (Phi) is 4.97. The van der Waals surface area contributed by atoms with E-state index in [0.717, 1.165) is 11.3 Å². The maximum Gasteiger partial charge on any atom is 0.340 e. The summed E-state index contributed by atoms with van der Waals surface area (Å²) in [6, 6.07) is 2.82. The average Bonchev–Trinajstić information content (AvgIpc) is 3.43. The second kappa shape index (κ2) is 7.47. The van der Waals surface area contributed by atoms with Crippen LogP contribution < -0.4 is 14.8 Å². The molecule has 30 heavy (non-hydrogen) atoms. The van der Waals surface area contributed by atoms with Gasteiger partial charge in [-0.1, -0.05) is 12.2 Å². The molecular weight excluding hydrogens is 392 g/mol. The molecule has 1 aromatic rings. The number of carbonyl (C=O) groups is 4. The average molecular weight is 414 g/mol. The number of anilines is 1. The van der Waals surface area contributed by atoms with Crippen molar-refractivity contribution in [2.45, 2.75) is 6.42 Å². The largest absolute Gasteiger partial charge is 0.493 e. The van der Waals surface area contributed by atoms with Gasteiger partial charge in [0.05, 0.1) is 44.4 Å². The molecule has 0 unspecified atom stereocenters. The highest BCUT2D eigenvalue weighted by Crippen LogP contribution is 2.52. The van der Waals surface area contributed by atoms with Gasteiger partial charge >= 0.3 is 5.97 Å². The van der Waals surface area contributed by atoms with E-state index in [-0.39, 0.29) is 52.5 Å². The van der Waals surface area contributed by atoms with Crippen LogP contribution in [0.5, 0.6) is 11.5 Å². The Labute approximate surface area is 172 Å². The van der Waals surface area contributed by atoms with Gasteiger partial charge in [0.15, 0.2) is 11.5 Å². The summed E-state index contributed by atoms with van der Waals surface area (Å²) in [6.07, 6.45) is 4.81. The zero-order valence-corrected chi connectivity index (χ0v) is 16.8. The van der Waals surface area contributed by atoms with E-state index in [0.29, 0.717) is 5.75 Å². The number of amides is 3. The third kappa shape index (κ3) is 3.01. The summed E-state index contributed by atoms with van der Waals surface area (Å²) in [7, 11) is 4.05. The maximum atomic E-state index is 12.8. The van der Waals surface area contributed by atoms with Crippen LogP contribution in [0, 0.1) is 23.7 Å². The Bertz CT molecular complexity index is 940. The first kappa shape index (κ1) is 19.9. The first-order valence-electron chi connectivity index (χ1n) is 9.57. The number of allylic oxidation sites excluding steroid dienone is 2. The molecule has 4 rings (SSSR count). The smallest absolute Gasteiger partial charge is 0.340 e. The zero-order chi connectivity index (χ0) is 21.6. The molecule has 1 saturated carbocycles. The number of hydrogen-bond donors (Lipinski definition) is 1. The molecule has 2 aliphatic carbocycles. The van der Waals surface area contributed by atoms with E-state index in [1.807, 2.05) is 12.2 Å². The van der Waals surface area contributed by atoms with E-state index in [4.69, 9.17) is 14.2 Å². The number of likely N-dealkylation sites (tertiary alicyclic amines) is 1. The van der Waals surface area contributed by atoms with Crippen molar-refractivity contribution in [3.05, 3.63) is 29.8 Å². The van der Waals surface area contributed by atoms with Gasteiger partial charge in [-0.15, -0.1) is 0 Å². The lowest BCUT2D eigenvalue weighted by Gasteiger charge is -2.18. The normalized spacial score (nSPS) is 26.0. The lowest BCUT2D eigenvalue weighted by atomic mass is 9.85. The lowest BCUT2D eigenvalue weighted by Crippen LogP contribution is -2.39. The number of fused-ring (bicyclic) bond motifs is 5. The van der Waals surface area contributed by atoms with Crippen molar-refractivity contribution >= 4 is 29.4 Å². The predicted molar refractivity (Wildman–Crippen MR) is 104 cm³/mol. The summed E-state index contributed by atoms with van der Waals surface area (Å²) in [4.78, 5) is 51.4. The van der Waals surface area contributed by atoms with Crippen molar-refractivity contribution in [2.24, 2.45) is 23.7 Å². The highest BCUT2D eigenvalue weighted by molar-refractivity contribution is 6.10. The lowest BCUT2D eigenvalue weighted by molar-refractivity contribution is -0.143. The molecule has 0 spiro atoms. The topological polar surface area (TPSA) is 111 Å². The summed E-state index contributed by atoms with van der Waals surface area (Å²) in [5, 5.41) is 2.59. The molecule has 1 aliphatic heterocycles. The summed E-state index contributed by atoms with van der Waals surface area (Å²) in [5.74, 6) is -1.91. The molecule has 9 nitrogen and oxygen atoms in total. The molecule has 158 valence electrons. The molecule has 1 heterocycles. The van der Waals surface area contributed by atoms with Crippen LogP contribution in [0.1, 0.15) is 16.8 Å². The van der Waals surface area contributed by atoms with Crippen molar-refractivity contribution in [2.75, 3.05) is 33.2 Å². The Morgan fingerprint density at radius 3 is 2.10 bits per heavy atom. The van der Waals surface area contributed by atoms with Crippen molar-refractivity contribution < 1.29 is 33.4 Å². The predicted octanol–water partition coefficient (Wildman–Crippen LogP) is 1.24. The van der Waals surface area contributed by atoms with Gasteiger partial charge in [-0.25, -0.2) is 4.79 Å². The molecule has 1 aromatic carbocycles. The van der Waals surface area contributed by atoms with Crippen LogP contribution in [-0.2, 0) is 19.1 Å². The monoisotopic (exact) mass is 414 g/mol. The summed E-state index contributed by atoms with van der Waals surface area (Å²) < 4.78 is 15.2. The number of imide groups is 1. The van der Waals surface area contributed by atoms with Crippen LogP contribution >= 0.6 is 0 Å². The Morgan fingerprint density at radius 2 is 1.57 bits per heavy atom. The van der Waals surface area contributed by atoms with Crippen molar-refractivity contribution in [3.8, 4) is 11.5 Å². The number of carbonyl (C=O) groups excluding carboxylic acids is 4. The minimum atomic E-state index is -0.684. The number of ether oxygens (including phenoxy) is 3. The number of nitrogens with zero attached hydrogens (tertiary/aromatic N) is 1. The van der Waals surface area contributed by atoms with E-state index in [2.05, 4.69) is 5.32 Å². The molecule has 1 saturated heterocycles. The Balaban J connectivity index is 1.54. The number of rotatable bonds is 6. The number of methoxy groups -OCH3 is 3. The van der Waals surface area contributed by atoms with Crippen molar-refractivity contribution in [3.63, 3.8) is 0 Å². The van der Waals surface area contributed by atoms with Crippen LogP contribution in [0.15, 0.2) is 24.3 Å². The summed E-state index contributed by atoms with van der Waals surface area (Å²) in [5.41, 5.74) is 0.187. The Morgan fingerprint density at radius 1 is 1.00 bits per heavy atom. The van der Waals surface area contributed by atoms with E-state index in [1.165, 1.54) is 33.5 Å². The van der Waals surface area contributed by atoms with E-state index in [9.17, 15) is 19.2 Å². The minimum Gasteiger partial charge on any atom is -0.493 e. The van der Waals surface area contributed by atoms with Gasteiger partial charge in [0.1, 0.15) is 6.54 Å². The number of benzene rings is 1. The van der Waals surface area contributed by atoms with Gasteiger partial charge in [-0.05, 0) is 18.3 Å². The third-order valence-electron chi connectivity index (χ3n) is 6.07. The second-order valence-electron chi connectivity index (χ2n) is 7.56. The Hall–Kier alpha value is -3.36.